The standard InChI is InChI=1S/C21H24F4/c1-4-6-15(17-12-10-14(3)19(23)21(17)25)7-5-8-16-11-9-13(2)18(22)20(16)24/h9-12,15H,4-8H2,1-3H3. The molecule has 4 heteroatoms. The zero-order chi connectivity index (χ0) is 18.6. The van der Waals surface area contributed by atoms with Crippen molar-refractivity contribution in [2.75, 3.05) is 0 Å². The van der Waals surface area contributed by atoms with Crippen LogP contribution in [-0.4, -0.2) is 0 Å². The number of rotatable bonds is 7. The molecular weight excluding hydrogens is 328 g/mol. The van der Waals surface area contributed by atoms with E-state index in [0.717, 1.165) is 12.8 Å². The second-order valence-corrected chi connectivity index (χ2v) is 6.65. The van der Waals surface area contributed by atoms with Crippen LogP contribution in [0.4, 0.5) is 17.6 Å². The molecule has 0 aliphatic heterocycles. The molecule has 2 aromatic carbocycles. The van der Waals surface area contributed by atoms with E-state index in [1.165, 1.54) is 13.8 Å². The smallest absolute Gasteiger partial charge is 0.162 e. The Bertz CT molecular complexity index is 737. The summed E-state index contributed by atoms with van der Waals surface area (Å²) in [5.74, 6) is -3.33. The fourth-order valence-electron chi connectivity index (χ4n) is 3.20. The lowest BCUT2D eigenvalue weighted by molar-refractivity contribution is 0.459. The van der Waals surface area contributed by atoms with Gasteiger partial charge in [-0.3, -0.25) is 0 Å². The van der Waals surface area contributed by atoms with Gasteiger partial charge < -0.3 is 0 Å². The van der Waals surface area contributed by atoms with Gasteiger partial charge >= 0.3 is 0 Å². The third-order valence-corrected chi connectivity index (χ3v) is 4.74. The van der Waals surface area contributed by atoms with Gasteiger partial charge in [0, 0.05) is 0 Å². The summed E-state index contributed by atoms with van der Waals surface area (Å²) >= 11 is 0. The molecule has 0 aliphatic carbocycles. The average molecular weight is 352 g/mol. The van der Waals surface area contributed by atoms with Gasteiger partial charge in [-0.1, -0.05) is 37.6 Å². The summed E-state index contributed by atoms with van der Waals surface area (Å²) in [5.41, 5.74) is 1.27. The van der Waals surface area contributed by atoms with Crippen LogP contribution in [0.15, 0.2) is 24.3 Å². The molecule has 0 amide bonds. The number of hydrogen-bond donors (Lipinski definition) is 0. The average Bonchev–Trinajstić information content (AvgIpc) is 2.59. The van der Waals surface area contributed by atoms with E-state index in [9.17, 15) is 17.6 Å². The Labute approximate surface area is 146 Å². The molecule has 0 N–H and O–H groups in total. The minimum absolute atomic E-state index is 0.126. The zero-order valence-corrected chi connectivity index (χ0v) is 14.9. The molecular formula is C21H24F4. The van der Waals surface area contributed by atoms with E-state index in [1.807, 2.05) is 6.92 Å². The van der Waals surface area contributed by atoms with Crippen molar-refractivity contribution in [3.63, 3.8) is 0 Å². The van der Waals surface area contributed by atoms with Gasteiger partial charge in [-0.05, 0) is 67.7 Å². The molecule has 0 aromatic heterocycles. The van der Waals surface area contributed by atoms with Crippen molar-refractivity contribution in [1.29, 1.82) is 0 Å². The van der Waals surface area contributed by atoms with Gasteiger partial charge in [0.2, 0.25) is 0 Å². The molecule has 0 radical (unpaired) electrons. The van der Waals surface area contributed by atoms with Crippen molar-refractivity contribution < 1.29 is 17.6 Å². The van der Waals surface area contributed by atoms with Crippen LogP contribution in [0.1, 0.15) is 60.8 Å². The first-order valence-electron chi connectivity index (χ1n) is 8.74. The third kappa shape index (κ3) is 4.42. The molecule has 0 spiro atoms. The maximum Gasteiger partial charge on any atom is 0.162 e. The Balaban J connectivity index is 2.11. The lowest BCUT2D eigenvalue weighted by atomic mass is 9.88. The highest BCUT2D eigenvalue weighted by Crippen LogP contribution is 2.31. The molecule has 0 nitrogen and oxygen atoms in total. The van der Waals surface area contributed by atoms with Crippen LogP contribution in [0.3, 0.4) is 0 Å². The van der Waals surface area contributed by atoms with E-state index in [-0.39, 0.29) is 17.0 Å². The summed E-state index contributed by atoms with van der Waals surface area (Å²) in [7, 11) is 0. The molecule has 0 bridgehead atoms. The molecule has 1 unspecified atom stereocenters. The fourth-order valence-corrected chi connectivity index (χ4v) is 3.20. The minimum atomic E-state index is -0.811. The van der Waals surface area contributed by atoms with E-state index < -0.39 is 23.3 Å². The van der Waals surface area contributed by atoms with E-state index in [1.54, 1.807) is 24.3 Å². The summed E-state index contributed by atoms with van der Waals surface area (Å²) in [6.45, 7) is 5.05. The van der Waals surface area contributed by atoms with Crippen LogP contribution in [0, 0.1) is 37.1 Å². The summed E-state index contributed by atoms with van der Waals surface area (Å²) in [5, 5.41) is 0. The van der Waals surface area contributed by atoms with Gasteiger partial charge in [-0.2, -0.15) is 0 Å². The summed E-state index contributed by atoms with van der Waals surface area (Å²) < 4.78 is 55.7. The second-order valence-electron chi connectivity index (χ2n) is 6.65. The van der Waals surface area contributed by atoms with Crippen LogP contribution < -0.4 is 0 Å². The van der Waals surface area contributed by atoms with Gasteiger partial charge in [0.05, 0.1) is 0 Å². The van der Waals surface area contributed by atoms with Crippen molar-refractivity contribution in [2.45, 2.75) is 58.8 Å². The molecule has 0 heterocycles. The molecule has 25 heavy (non-hydrogen) atoms. The van der Waals surface area contributed by atoms with Crippen LogP contribution in [0.5, 0.6) is 0 Å². The highest BCUT2D eigenvalue weighted by molar-refractivity contribution is 5.29. The molecule has 1 atom stereocenters. The van der Waals surface area contributed by atoms with Crippen LogP contribution in [0.2, 0.25) is 0 Å². The van der Waals surface area contributed by atoms with Crippen LogP contribution in [0.25, 0.3) is 0 Å². The van der Waals surface area contributed by atoms with Crippen LogP contribution in [-0.2, 0) is 6.42 Å². The lowest BCUT2D eigenvalue weighted by Crippen LogP contribution is -2.06. The van der Waals surface area contributed by atoms with Crippen LogP contribution >= 0.6 is 0 Å². The van der Waals surface area contributed by atoms with Gasteiger partial charge in [0.1, 0.15) is 0 Å². The van der Waals surface area contributed by atoms with E-state index in [0.29, 0.717) is 30.4 Å². The van der Waals surface area contributed by atoms with Crippen molar-refractivity contribution in [1.82, 2.24) is 0 Å². The maximum atomic E-state index is 14.3. The minimum Gasteiger partial charge on any atom is -0.203 e. The zero-order valence-electron chi connectivity index (χ0n) is 14.9. The SMILES string of the molecule is CCCC(CCCc1ccc(C)c(F)c1F)c1ccc(C)c(F)c1F. The van der Waals surface area contributed by atoms with E-state index in [2.05, 4.69) is 0 Å². The van der Waals surface area contributed by atoms with Crippen molar-refractivity contribution in [3.8, 4) is 0 Å². The van der Waals surface area contributed by atoms with Crippen molar-refractivity contribution >= 4 is 0 Å². The predicted octanol–water partition coefficient (Wildman–Crippen LogP) is 6.77. The molecule has 2 aromatic rings. The van der Waals surface area contributed by atoms with Gasteiger partial charge in [0.25, 0.3) is 0 Å². The third-order valence-electron chi connectivity index (χ3n) is 4.74. The summed E-state index contributed by atoms with van der Waals surface area (Å²) in [4.78, 5) is 0. The molecule has 0 aliphatic rings. The van der Waals surface area contributed by atoms with Gasteiger partial charge in [-0.25, -0.2) is 17.6 Å². The number of halogens is 4. The Morgan fingerprint density at radius 2 is 1.36 bits per heavy atom. The summed E-state index contributed by atoms with van der Waals surface area (Å²) in [6.07, 6.45) is 3.12. The number of benzene rings is 2. The largest absolute Gasteiger partial charge is 0.203 e. The first-order chi connectivity index (χ1) is 11.9. The topological polar surface area (TPSA) is 0 Å². The molecule has 0 fully saturated rings. The Hall–Kier alpha value is -1.84. The lowest BCUT2D eigenvalue weighted by Gasteiger charge is -2.18. The molecule has 0 saturated carbocycles. The highest BCUT2D eigenvalue weighted by Gasteiger charge is 2.19. The highest BCUT2D eigenvalue weighted by atomic mass is 19.2. The fraction of sp³-hybridized carbons (Fsp3) is 0.429. The first kappa shape index (κ1) is 19.5. The first-order valence-corrected chi connectivity index (χ1v) is 8.74. The van der Waals surface area contributed by atoms with Crippen molar-refractivity contribution in [3.05, 3.63) is 69.8 Å². The Morgan fingerprint density at radius 1 is 0.760 bits per heavy atom. The monoisotopic (exact) mass is 352 g/mol. The molecule has 2 rings (SSSR count). The Kier molecular flexibility index (Phi) is 6.63. The van der Waals surface area contributed by atoms with Gasteiger partial charge in [0.15, 0.2) is 23.3 Å². The number of hydrogen-bond acceptors (Lipinski definition) is 0. The second kappa shape index (κ2) is 8.50. The van der Waals surface area contributed by atoms with Crippen molar-refractivity contribution in [2.24, 2.45) is 0 Å². The molecule has 0 saturated heterocycles. The molecule has 136 valence electrons. The van der Waals surface area contributed by atoms with E-state index in [4.69, 9.17) is 0 Å². The van der Waals surface area contributed by atoms with Gasteiger partial charge in [-0.15, -0.1) is 0 Å². The normalized spacial score (nSPS) is 12.4. The van der Waals surface area contributed by atoms with E-state index >= 15 is 0 Å². The summed E-state index contributed by atoms with van der Waals surface area (Å²) in [6, 6.07) is 6.38. The quantitative estimate of drug-likeness (QED) is 0.483. The Morgan fingerprint density at radius 3 is 2.00 bits per heavy atom. The predicted molar refractivity (Wildman–Crippen MR) is 92.8 cm³/mol. The maximum absolute atomic E-state index is 14.3. The number of aryl methyl sites for hydroxylation is 3.